The third kappa shape index (κ3) is 5.58. The van der Waals surface area contributed by atoms with Crippen molar-refractivity contribution in [1.29, 1.82) is 0 Å². The van der Waals surface area contributed by atoms with Gasteiger partial charge in [-0.25, -0.2) is 9.78 Å². The molecule has 8 nitrogen and oxygen atoms in total. The number of ether oxygens (including phenoxy) is 2. The maximum absolute atomic E-state index is 12.9. The average molecular weight is 536 g/mol. The van der Waals surface area contributed by atoms with Gasteiger partial charge in [0, 0.05) is 4.47 Å². The van der Waals surface area contributed by atoms with E-state index in [1.807, 2.05) is 13.0 Å². The summed E-state index contributed by atoms with van der Waals surface area (Å²) in [5, 5.41) is 13.9. The number of nitrogens with zero attached hydrogens (tertiary/aromatic N) is 3. The van der Waals surface area contributed by atoms with Crippen LogP contribution in [0.15, 0.2) is 75.0 Å². The van der Waals surface area contributed by atoms with Crippen LogP contribution >= 0.6 is 15.9 Å². The van der Waals surface area contributed by atoms with Crippen LogP contribution in [0.3, 0.4) is 0 Å². The summed E-state index contributed by atoms with van der Waals surface area (Å²) >= 11 is 3.39. The molecule has 0 spiro atoms. The molecule has 0 unspecified atom stereocenters. The molecule has 178 valence electrons. The highest BCUT2D eigenvalue weighted by atomic mass is 79.9. The molecule has 4 aromatic rings. The van der Waals surface area contributed by atoms with Crippen molar-refractivity contribution in [2.75, 3.05) is 6.61 Å². The number of benzene rings is 3. The van der Waals surface area contributed by atoms with E-state index in [2.05, 4.69) is 26.0 Å². The Bertz CT molecular complexity index is 1480. The summed E-state index contributed by atoms with van der Waals surface area (Å²) in [4.78, 5) is 28.4. The maximum Gasteiger partial charge on any atom is 0.335 e. The lowest BCUT2D eigenvalue weighted by molar-refractivity contribution is 0.0697. The molecule has 1 heterocycles. The minimum Gasteiger partial charge on any atom is -0.490 e. The van der Waals surface area contributed by atoms with Crippen molar-refractivity contribution in [2.45, 2.75) is 20.5 Å². The van der Waals surface area contributed by atoms with Gasteiger partial charge >= 0.3 is 5.97 Å². The first-order chi connectivity index (χ1) is 16.9. The topological polar surface area (TPSA) is 103 Å². The second kappa shape index (κ2) is 10.5. The Labute approximate surface area is 209 Å². The Morgan fingerprint density at radius 2 is 1.86 bits per heavy atom. The Kier molecular flexibility index (Phi) is 7.26. The number of halogens is 1. The van der Waals surface area contributed by atoms with Crippen molar-refractivity contribution in [3.63, 3.8) is 0 Å². The molecule has 0 radical (unpaired) electrons. The van der Waals surface area contributed by atoms with Gasteiger partial charge < -0.3 is 14.6 Å². The Balaban J connectivity index is 1.57. The summed E-state index contributed by atoms with van der Waals surface area (Å²) in [5.41, 5.74) is 2.11. The number of hydrogen-bond donors (Lipinski definition) is 1. The quantitative estimate of drug-likeness (QED) is 0.317. The van der Waals surface area contributed by atoms with Crippen molar-refractivity contribution in [1.82, 2.24) is 9.66 Å². The predicted octanol–water partition coefficient (Wildman–Crippen LogP) is 5.03. The zero-order valence-electron chi connectivity index (χ0n) is 19.1. The van der Waals surface area contributed by atoms with Crippen molar-refractivity contribution in [2.24, 2.45) is 5.10 Å². The van der Waals surface area contributed by atoms with Crippen LogP contribution in [0.25, 0.3) is 10.9 Å². The van der Waals surface area contributed by atoms with Crippen molar-refractivity contribution >= 4 is 39.0 Å². The summed E-state index contributed by atoms with van der Waals surface area (Å²) in [6.45, 7) is 4.29. The first kappa shape index (κ1) is 24.2. The van der Waals surface area contributed by atoms with Crippen LogP contribution < -0.4 is 15.0 Å². The molecule has 35 heavy (non-hydrogen) atoms. The molecule has 3 aromatic carbocycles. The lowest BCUT2D eigenvalue weighted by Crippen LogP contribution is -2.20. The lowest BCUT2D eigenvalue weighted by atomic mass is 10.1. The number of fused-ring (bicyclic) bond motifs is 1. The molecule has 0 aliphatic rings. The van der Waals surface area contributed by atoms with Crippen LogP contribution in [0.5, 0.6) is 11.5 Å². The van der Waals surface area contributed by atoms with Gasteiger partial charge in [-0.2, -0.15) is 9.78 Å². The van der Waals surface area contributed by atoms with Gasteiger partial charge in [0.1, 0.15) is 12.4 Å². The first-order valence-electron chi connectivity index (χ1n) is 10.8. The Morgan fingerprint density at radius 3 is 2.57 bits per heavy atom. The molecular weight excluding hydrogens is 514 g/mol. The number of aryl methyl sites for hydroxylation is 1. The van der Waals surface area contributed by atoms with E-state index < -0.39 is 5.97 Å². The third-order valence-corrected chi connectivity index (χ3v) is 5.65. The van der Waals surface area contributed by atoms with Crippen LogP contribution in [-0.4, -0.2) is 33.6 Å². The summed E-state index contributed by atoms with van der Waals surface area (Å²) in [6, 6.07) is 17.2. The molecule has 0 atom stereocenters. The van der Waals surface area contributed by atoms with Gasteiger partial charge in [0.25, 0.3) is 5.56 Å². The van der Waals surface area contributed by atoms with E-state index in [4.69, 9.17) is 14.6 Å². The van der Waals surface area contributed by atoms with Crippen LogP contribution in [0, 0.1) is 6.92 Å². The monoisotopic (exact) mass is 535 g/mol. The van der Waals surface area contributed by atoms with Gasteiger partial charge in [0.05, 0.1) is 29.3 Å². The second-order valence-corrected chi connectivity index (χ2v) is 8.53. The minimum absolute atomic E-state index is 0.219. The highest BCUT2D eigenvalue weighted by Gasteiger charge is 2.10. The molecule has 1 aromatic heterocycles. The standard InChI is InChI=1S/C26H22BrN3O5/c1-3-34-24-12-18(6-11-23(24)35-15-17-4-7-19(8-5-17)26(32)33)14-28-30-16(2)29-22-10-9-20(27)13-21(22)25(30)31/h4-14H,3,15H2,1-2H3,(H,32,33). The largest absolute Gasteiger partial charge is 0.490 e. The molecule has 0 bridgehead atoms. The molecule has 1 N–H and O–H groups in total. The van der Waals surface area contributed by atoms with Crippen molar-refractivity contribution in [3.8, 4) is 11.5 Å². The van der Waals surface area contributed by atoms with Gasteiger partial charge in [-0.1, -0.05) is 28.1 Å². The minimum atomic E-state index is -0.974. The average Bonchev–Trinajstić information content (AvgIpc) is 2.84. The van der Waals surface area contributed by atoms with E-state index in [9.17, 15) is 9.59 Å². The van der Waals surface area contributed by atoms with Gasteiger partial charge in [-0.05, 0) is 73.5 Å². The molecule has 4 rings (SSSR count). The van der Waals surface area contributed by atoms with E-state index in [0.29, 0.717) is 40.4 Å². The summed E-state index contributed by atoms with van der Waals surface area (Å²) < 4.78 is 13.7. The number of rotatable bonds is 8. The second-order valence-electron chi connectivity index (χ2n) is 7.61. The number of aromatic nitrogens is 2. The number of carboxylic acids is 1. The fourth-order valence-electron chi connectivity index (χ4n) is 3.42. The Hall–Kier alpha value is -3.98. The van der Waals surface area contributed by atoms with E-state index >= 15 is 0 Å². The third-order valence-electron chi connectivity index (χ3n) is 5.16. The van der Waals surface area contributed by atoms with Crippen LogP contribution in [0.4, 0.5) is 0 Å². The normalized spacial score (nSPS) is 11.2. The first-order valence-corrected chi connectivity index (χ1v) is 11.6. The zero-order chi connectivity index (χ0) is 24.9. The molecule has 0 aliphatic carbocycles. The predicted molar refractivity (Wildman–Crippen MR) is 137 cm³/mol. The Morgan fingerprint density at radius 1 is 1.09 bits per heavy atom. The summed E-state index contributed by atoms with van der Waals surface area (Å²) in [5.74, 6) is 0.568. The number of aromatic carboxylic acids is 1. The number of carboxylic acid groups (broad SMARTS) is 1. The SMILES string of the molecule is CCOc1cc(C=Nn2c(C)nc3ccc(Br)cc3c2=O)ccc1OCc1ccc(C(=O)O)cc1. The van der Waals surface area contributed by atoms with Gasteiger partial charge in [0.2, 0.25) is 0 Å². The molecule has 0 saturated heterocycles. The van der Waals surface area contributed by atoms with E-state index in [1.165, 1.54) is 16.8 Å². The fraction of sp³-hybridized carbons (Fsp3) is 0.154. The van der Waals surface area contributed by atoms with Crippen LogP contribution in [0.2, 0.25) is 0 Å². The smallest absolute Gasteiger partial charge is 0.335 e. The molecule has 9 heteroatoms. The van der Waals surface area contributed by atoms with Crippen molar-refractivity contribution < 1.29 is 19.4 Å². The lowest BCUT2D eigenvalue weighted by Gasteiger charge is -2.13. The fourth-order valence-corrected chi connectivity index (χ4v) is 3.78. The molecule has 0 aliphatic heterocycles. The van der Waals surface area contributed by atoms with Crippen LogP contribution in [-0.2, 0) is 6.61 Å². The van der Waals surface area contributed by atoms with E-state index in [0.717, 1.165) is 10.0 Å². The number of carbonyl (C=O) groups is 1. The van der Waals surface area contributed by atoms with Gasteiger partial charge in [-0.3, -0.25) is 4.79 Å². The van der Waals surface area contributed by atoms with Crippen LogP contribution in [0.1, 0.15) is 34.2 Å². The molecule has 0 amide bonds. The summed E-state index contributed by atoms with van der Waals surface area (Å²) in [6.07, 6.45) is 1.57. The molecule has 0 saturated carbocycles. The number of hydrogen-bond acceptors (Lipinski definition) is 6. The van der Waals surface area contributed by atoms with Gasteiger partial charge in [0.15, 0.2) is 11.5 Å². The molecular formula is C26H22BrN3O5. The maximum atomic E-state index is 12.9. The highest BCUT2D eigenvalue weighted by Crippen LogP contribution is 2.29. The molecule has 0 fully saturated rings. The summed E-state index contributed by atoms with van der Waals surface area (Å²) in [7, 11) is 0. The van der Waals surface area contributed by atoms with E-state index in [1.54, 1.807) is 55.6 Å². The highest BCUT2D eigenvalue weighted by molar-refractivity contribution is 9.10. The zero-order valence-corrected chi connectivity index (χ0v) is 20.7. The van der Waals surface area contributed by atoms with Gasteiger partial charge in [-0.15, -0.1) is 0 Å². The van der Waals surface area contributed by atoms with Crippen molar-refractivity contribution in [3.05, 3.63) is 98.0 Å². The van der Waals surface area contributed by atoms with E-state index in [-0.39, 0.29) is 17.7 Å².